The summed E-state index contributed by atoms with van der Waals surface area (Å²) in [6.07, 6.45) is 3.72. The highest BCUT2D eigenvalue weighted by molar-refractivity contribution is 5.96. The van der Waals surface area contributed by atoms with E-state index in [0.29, 0.717) is 0 Å². The lowest BCUT2D eigenvalue weighted by molar-refractivity contribution is -0.138. The third-order valence-corrected chi connectivity index (χ3v) is 3.30. The number of aromatic amines is 1. The number of aryl methyl sites for hydroxylation is 2. The maximum absolute atomic E-state index is 11.9. The summed E-state index contributed by atoms with van der Waals surface area (Å²) in [4.78, 5) is 37.1. The summed E-state index contributed by atoms with van der Waals surface area (Å²) in [6, 6.07) is 0.556. The van der Waals surface area contributed by atoms with Crippen LogP contribution in [0.1, 0.15) is 41.4 Å². The van der Waals surface area contributed by atoms with Gasteiger partial charge in [0, 0.05) is 5.69 Å². The Kier molecular flexibility index (Phi) is 3.69. The van der Waals surface area contributed by atoms with Crippen LogP contribution in [0.5, 0.6) is 0 Å². The van der Waals surface area contributed by atoms with Crippen LogP contribution in [0.4, 0.5) is 0 Å². The standard InChI is InChI=1S/C13H16N2O4/c1-7(13(18)19)14-11(16)9-6-8-4-2-3-5-10(8)15-12(9)17/h6-7H,2-5H2,1H3,(H,14,16)(H,15,17)(H,18,19)/t7-/m1/s1. The van der Waals surface area contributed by atoms with E-state index in [1.807, 2.05) is 0 Å². The first-order valence-corrected chi connectivity index (χ1v) is 6.28. The molecule has 1 atom stereocenters. The molecule has 0 bridgehead atoms. The number of carboxylic acid groups (broad SMARTS) is 1. The van der Waals surface area contributed by atoms with Gasteiger partial charge in [0.25, 0.3) is 11.5 Å². The molecule has 1 amide bonds. The maximum atomic E-state index is 11.9. The van der Waals surface area contributed by atoms with Crippen LogP contribution in [0.15, 0.2) is 10.9 Å². The van der Waals surface area contributed by atoms with Crippen LogP contribution in [-0.4, -0.2) is 28.0 Å². The molecule has 0 spiro atoms. The lowest BCUT2D eigenvalue weighted by atomic mass is 9.95. The van der Waals surface area contributed by atoms with Gasteiger partial charge in [-0.15, -0.1) is 0 Å². The molecule has 1 heterocycles. The molecule has 1 aliphatic rings. The van der Waals surface area contributed by atoms with Crippen molar-refractivity contribution in [3.05, 3.63) is 33.2 Å². The first-order chi connectivity index (χ1) is 8.99. The number of aliphatic carboxylic acids is 1. The quantitative estimate of drug-likeness (QED) is 0.738. The highest BCUT2D eigenvalue weighted by Gasteiger charge is 2.20. The van der Waals surface area contributed by atoms with Crippen molar-refractivity contribution >= 4 is 11.9 Å². The van der Waals surface area contributed by atoms with Crippen molar-refractivity contribution in [2.45, 2.75) is 38.6 Å². The van der Waals surface area contributed by atoms with Crippen LogP contribution in [0, 0.1) is 0 Å². The summed E-state index contributed by atoms with van der Waals surface area (Å²) >= 11 is 0. The minimum atomic E-state index is -1.14. The minimum Gasteiger partial charge on any atom is -0.480 e. The molecule has 0 aromatic carbocycles. The van der Waals surface area contributed by atoms with E-state index in [2.05, 4.69) is 10.3 Å². The van der Waals surface area contributed by atoms with Gasteiger partial charge < -0.3 is 15.4 Å². The van der Waals surface area contributed by atoms with Crippen molar-refractivity contribution in [1.29, 1.82) is 0 Å². The number of fused-ring (bicyclic) bond motifs is 1. The lowest BCUT2D eigenvalue weighted by Crippen LogP contribution is -2.40. The van der Waals surface area contributed by atoms with E-state index < -0.39 is 23.5 Å². The fraction of sp³-hybridized carbons (Fsp3) is 0.462. The zero-order valence-corrected chi connectivity index (χ0v) is 10.7. The van der Waals surface area contributed by atoms with E-state index in [4.69, 9.17) is 5.11 Å². The van der Waals surface area contributed by atoms with Gasteiger partial charge in [-0.1, -0.05) is 0 Å². The number of carbonyl (C=O) groups excluding carboxylic acids is 1. The van der Waals surface area contributed by atoms with Gasteiger partial charge in [0.15, 0.2) is 0 Å². The summed E-state index contributed by atoms with van der Waals surface area (Å²) in [5.41, 5.74) is 1.38. The number of carboxylic acids is 1. The van der Waals surface area contributed by atoms with Gasteiger partial charge in [-0.3, -0.25) is 14.4 Å². The minimum absolute atomic E-state index is 0.0197. The van der Waals surface area contributed by atoms with Crippen molar-refractivity contribution in [3.63, 3.8) is 0 Å². The number of aromatic nitrogens is 1. The summed E-state index contributed by atoms with van der Waals surface area (Å²) in [5.74, 6) is -1.78. The summed E-state index contributed by atoms with van der Waals surface area (Å²) < 4.78 is 0. The van der Waals surface area contributed by atoms with Crippen molar-refractivity contribution in [2.24, 2.45) is 0 Å². The molecule has 0 saturated carbocycles. The summed E-state index contributed by atoms with van der Waals surface area (Å²) in [6.45, 7) is 1.35. The number of nitrogens with one attached hydrogen (secondary N) is 2. The fourth-order valence-electron chi connectivity index (χ4n) is 2.18. The Hall–Kier alpha value is -2.11. The van der Waals surface area contributed by atoms with Crippen molar-refractivity contribution in [1.82, 2.24) is 10.3 Å². The SMILES string of the molecule is C[C@@H](NC(=O)c1cc2c([nH]c1=O)CCCC2)C(=O)O. The molecule has 0 unspecified atom stereocenters. The van der Waals surface area contributed by atoms with Gasteiger partial charge in [0.05, 0.1) is 0 Å². The molecule has 0 aliphatic heterocycles. The second-order valence-corrected chi connectivity index (χ2v) is 4.76. The van der Waals surface area contributed by atoms with Crippen LogP contribution in [0.2, 0.25) is 0 Å². The maximum Gasteiger partial charge on any atom is 0.325 e. The van der Waals surface area contributed by atoms with Crippen LogP contribution in [0.3, 0.4) is 0 Å². The summed E-state index contributed by atoms with van der Waals surface area (Å²) in [5, 5.41) is 11.0. The summed E-state index contributed by atoms with van der Waals surface area (Å²) in [7, 11) is 0. The molecule has 6 nitrogen and oxygen atoms in total. The van der Waals surface area contributed by atoms with E-state index in [1.165, 1.54) is 6.92 Å². The number of hydrogen-bond acceptors (Lipinski definition) is 3. The topological polar surface area (TPSA) is 99.3 Å². The van der Waals surface area contributed by atoms with Crippen LogP contribution < -0.4 is 10.9 Å². The van der Waals surface area contributed by atoms with E-state index in [0.717, 1.165) is 36.9 Å². The number of pyridine rings is 1. The Morgan fingerprint density at radius 3 is 2.74 bits per heavy atom. The Bertz CT molecular complexity index is 576. The zero-order chi connectivity index (χ0) is 14.0. The van der Waals surface area contributed by atoms with Gasteiger partial charge in [-0.2, -0.15) is 0 Å². The fourth-order valence-corrected chi connectivity index (χ4v) is 2.18. The monoisotopic (exact) mass is 264 g/mol. The highest BCUT2D eigenvalue weighted by atomic mass is 16.4. The van der Waals surface area contributed by atoms with Gasteiger partial charge in [-0.25, -0.2) is 0 Å². The van der Waals surface area contributed by atoms with E-state index >= 15 is 0 Å². The molecule has 1 aromatic heterocycles. The van der Waals surface area contributed by atoms with E-state index in [1.54, 1.807) is 6.07 Å². The number of carbonyl (C=O) groups is 2. The van der Waals surface area contributed by atoms with Crippen molar-refractivity contribution in [2.75, 3.05) is 0 Å². The molecular weight excluding hydrogens is 248 g/mol. The van der Waals surface area contributed by atoms with Crippen LogP contribution in [0.25, 0.3) is 0 Å². The normalized spacial score (nSPS) is 15.4. The molecule has 0 fully saturated rings. The van der Waals surface area contributed by atoms with Crippen molar-refractivity contribution < 1.29 is 14.7 Å². The first-order valence-electron chi connectivity index (χ1n) is 6.28. The predicted molar refractivity (Wildman–Crippen MR) is 68.3 cm³/mol. The predicted octanol–water partition coefficient (Wildman–Crippen LogP) is 0.457. The number of H-pyrrole nitrogens is 1. The zero-order valence-electron chi connectivity index (χ0n) is 10.7. The van der Waals surface area contributed by atoms with E-state index in [9.17, 15) is 14.4 Å². The Labute approximate surface area is 109 Å². The molecule has 3 N–H and O–H groups in total. The molecule has 6 heteroatoms. The number of hydrogen-bond donors (Lipinski definition) is 3. The number of rotatable bonds is 3. The third kappa shape index (κ3) is 2.83. The smallest absolute Gasteiger partial charge is 0.325 e. The van der Waals surface area contributed by atoms with E-state index in [-0.39, 0.29) is 5.56 Å². The largest absolute Gasteiger partial charge is 0.480 e. The number of amides is 1. The lowest BCUT2D eigenvalue weighted by Gasteiger charge is -2.16. The molecule has 0 saturated heterocycles. The highest BCUT2D eigenvalue weighted by Crippen LogP contribution is 2.18. The molecule has 102 valence electrons. The van der Waals surface area contributed by atoms with Crippen molar-refractivity contribution in [3.8, 4) is 0 Å². The first kappa shape index (κ1) is 13.3. The van der Waals surface area contributed by atoms with Crippen LogP contribution >= 0.6 is 0 Å². The Balaban J connectivity index is 2.27. The van der Waals surface area contributed by atoms with Gasteiger partial charge >= 0.3 is 5.97 Å². The second-order valence-electron chi connectivity index (χ2n) is 4.76. The van der Waals surface area contributed by atoms with Gasteiger partial charge in [0.1, 0.15) is 11.6 Å². The average molecular weight is 264 g/mol. The molecule has 1 aromatic rings. The average Bonchev–Trinajstić information content (AvgIpc) is 2.37. The molecule has 0 radical (unpaired) electrons. The molecular formula is C13H16N2O4. The van der Waals surface area contributed by atoms with Crippen LogP contribution in [-0.2, 0) is 17.6 Å². The third-order valence-electron chi connectivity index (χ3n) is 3.30. The molecule has 19 heavy (non-hydrogen) atoms. The molecule has 1 aliphatic carbocycles. The Morgan fingerprint density at radius 2 is 2.05 bits per heavy atom. The Morgan fingerprint density at radius 1 is 1.37 bits per heavy atom. The molecule has 2 rings (SSSR count). The van der Waals surface area contributed by atoms with Gasteiger partial charge in [-0.05, 0) is 44.2 Å². The van der Waals surface area contributed by atoms with Gasteiger partial charge in [0.2, 0.25) is 0 Å². The second kappa shape index (κ2) is 5.26.